The Hall–Kier alpha value is -1.43. The van der Waals surface area contributed by atoms with Crippen LogP contribution in [-0.2, 0) is 9.53 Å². The van der Waals surface area contributed by atoms with Gasteiger partial charge >= 0.3 is 5.97 Å². The molecule has 0 fully saturated rings. The number of rotatable bonds is 4. The molecule has 0 bridgehead atoms. The van der Waals surface area contributed by atoms with E-state index < -0.39 is 10.9 Å². The Kier molecular flexibility index (Phi) is 4.62. The van der Waals surface area contributed by atoms with E-state index >= 15 is 0 Å². The van der Waals surface area contributed by atoms with Crippen molar-refractivity contribution >= 4 is 5.97 Å². The lowest BCUT2D eigenvalue weighted by atomic mass is 10.3. The highest BCUT2D eigenvalue weighted by Gasteiger charge is 2.08. The van der Waals surface area contributed by atoms with Crippen LogP contribution in [0.4, 0.5) is 0 Å². The number of hydrogen-bond acceptors (Lipinski definition) is 5. The van der Waals surface area contributed by atoms with Crippen molar-refractivity contribution in [3.63, 3.8) is 0 Å². The Bertz CT molecular complexity index is 210. The average Bonchev–Trinajstić information content (AvgIpc) is 1.98. The molecular weight excluding hydrogens is 166 g/mol. The van der Waals surface area contributed by atoms with Crippen molar-refractivity contribution in [2.24, 2.45) is 0 Å². The normalized spacial score (nSPS) is 11.0. The number of hydrogen-bond donors (Lipinski definition) is 1. The summed E-state index contributed by atoms with van der Waals surface area (Å²) in [5.41, 5.74) is -0.103. The number of esters is 1. The third-order valence-corrected chi connectivity index (χ3v) is 0.945. The number of nitro groups is 1. The molecule has 0 rings (SSSR count). The lowest BCUT2D eigenvalue weighted by Crippen LogP contribution is -2.10. The van der Waals surface area contributed by atoms with Gasteiger partial charge in [-0.05, 0) is 6.92 Å². The molecule has 0 saturated carbocycles. The SMILES string of the molecule is C/C(=C\[N+](=O)[O-])C(=O)OCCO. The molecule has 0 unspecified atom stereocenters. The highest BCUT2D eigenvalue weighted by atomic mass is 16.6. The van der Waals surface area contributed by atoms with Gasteiger partial charge in [0.05, 0.1) is 11.5 Å². The third-order valence-electron chi connectivity index (χ3n) is 0.945. The second-order valence-corrected chi connectivity index (χ2v) is 1.96. The molecule has 0 aliphatic rings. The van der Waals surface area contributed by atoms with Crippen molar-refractivity contribution < 1.29 is 19.6 Å². The van der Waals surface area contributed by atoms with Crippen molar-refractivity contribution in [1.82, 2.24) is 0 Å². The first-order valence-electron chi connectivity index (χ1n) is 3.18. The predicted octanol–water partition coefficient (Wildman–Crippen LogP) is -0.298. The van der Waals surface area contributed by atoms with Crippen molar-refractivity contribution in [1.29, 1.82) is 0 Å². The summed E-state index contributed by atoms with van der Waals surface area (Å²) in [7, 11) is 0. The van der Waals surface area contributed by atoms with Crippen LogP contribution >= 0.6 is 0 Å². The Morgan fingerprint density at radius 2 is 2.33 bits per heavy atom. The van der Waals surface area contributed by atoms with E-state index in [1.807, 2.05) is 0 Å². The van der Waals surface area contributed by atoms with E-state index in [2.05, 4.69) is 4.74 Å². The Morgan fingerprint density at radius 3 is 2.75 bits per heavy atom. The van der Waals surface area contributed by atoms with E-state index in [0.29, 0.717) is 6.20 Å². The van der Waals surface area contributed by atoms with Gasteiger partial charge in [-0.1, -0.05) is 0 Å². The summed E-state index contributed by atoms with van der Waals surface area (Å²) in [5.74, 6) is -0.791. The van der Waals surface area contributed by atoms with Crippen LogP contribution in [0.2, 0.25) is 0 Å². The van der Waals surface area contributed by atoms with E-state index in [9.17, 15) is 14.9 Å². The summed E-state index contributed by atoms with van der Waals surface area (Å²) in [6, 6.07) is 0. The Labute approximate surface area is 68.6 Å². The first-order valence-corrected chi connectivity index (χ1v) is 3.18. The maximum Gasteiger partial charge on any atom is 0.340 e. The summed E-state index contributed by atoms with van der Waals surface area (Å²) in [6.45, 7) is 0.821. The van der Waals surface area contributed by atoms with E-state index in [4.69, 9.17) is 5.11 Å². The number of carbonyl (C=O) groups excluding carboxylic acids is 1. The van der Waals surface area contributed by atoms with Crippen LogP contribution in [-0.4, -0.2) is 29.2 Å². The molecule has 0 aromatic carbocycles. The summed E-state index contributed by atoms with van der Waals surface area (Å²) in [5, 5.41) is 18.1. The van der Waals surface area contributed by atoms with Crippen molar-refractivity contribution in [2.75, 3.05) is 13.2 Å². The fraction of sp³-hybridized carbons (Fsp3) is 0.500. The molecule has 0 atom stereocenters. The van der Waals surface area contributed by atoms with Gasteiger partial charge in [0.25, 0.3) is 0 Å². The largest absolute Gasteiger partial charge is 0.460 e. The van der Waals surface area contributed by atoms with E-state index in [1.165, 1.54) is 6.92 Å². The molecule has 1 N–H and O–H groups in total. The maximum absolute atomic E-state index is 10.7. The first kappa shape index (κ1) is 10.6. The fourth-order valence-corrected chi connectivity index (χ4v) is 0.463. The van der Waals surface area contributed by atoms with Crippen LogP contribution in [0.1, 0.15) is 6.92 Å². The molecule has 0 aromatic rings. The lowest BCUT2D eigenvalue weighted by molar-refractivity contribution is -0.403. The van der Waals surface area contributed by atoms with Gasteiger partial charge in [-0.2, -0.15) is 0 Å². The molecule has 0 aliphatic carbocycles. The van der Waals surface area contributed by atoms with Gasteiger partial charge in [-0.3, -0.25) is 10.1 Å². The van der Waals surface area contributed by atoms with Gasteiger partial charge in [0.15, 0.2) is 0 Å². The summed E-state index contributed by atoms with van der Waals surface area (Å²) >= 11 is 0. The highest BCUT2D eigenvalue weighted by Crippen LogP contribution is 1.95. The van der Waals surface area contributed by atoms with E-state index in [0.717, 1.165) is 0 Å². The molecule has 6 nitrogen and oxygen atoms in total. The molecule has 0 saturated heterocycles. The van der Waals surface area contributed by atoms with Crippen LogP contribution in [0, 0.1) is 10.1 Å². The van der Waals surface area contributed by atoms with Crippen LogP contribution in [0.3, 0.4) is 0 Å². The van der Waals surface area contributed by atoms with E-state index in [1.54, 1.807) is 0 Å². The summed E-state index contributed by atoms with van der Waals surface area (Å²) in [6.07, 6.45) is 0.555. The van der Waals surface area contributed by atoms with Crippen molar-refractivity contribution in [3.8, 4) is 0 Å². The second-order valence-electron chi connectivity index (χ2n) is 1.96. The number of carbonyl (C=O) groups is 1. The van der Waals surface area contributed by atoms with Gasteiger partial charge in [0.2, 0.25) is 6.20 Å². The molecule has 0 aromatic heterocycles. The molecule has 0 aliphatic heterocycles. The Morgan fingerprint density at radius 1 is 1.75 bits per heavy atom. The Balaban J connectivity index is 4.01. The number of nitrogens with zero attached hydrogens (tertiary/aromatic N) is 1. The van der Waals surface area contributed by atoms with E-state index in [-0.39, 0.29) is 18.8 Å². The fourth-order valence-electron chi connectivity index (χ4n) is 0.463. The topological polar surface area (TPSA) is 89.7 Å². The molecule has 0 radical (unpaired) electrons. The molecule has 12 heavy (non-hydrogen) atoms. The molecule has 0 heterocycles. The average molecular weight is 175 g/mol. The summed E-state index contributed by atoms with van der Waals surface area (Å²) in [4.78, 5) is 19.9. The third kappa shape index (κ3) is 4.40. The van der Waals surface area contributed by atoms with Crippen LogP contribution < -0.4 is 0 Å². The van der Waals surface area contributed by atoms with Gasteiger partial charge in [0.1, 0.15) is 12.2 Å². The van der Waals surface area contributed by atoms with Crippen molar-refractivity contribution in [2.45, 2.75) is 6.92 Å². The maximum atomic E-state index is 10.7. The number of aliphatic hydroxyl groups excluding tert-OH is 1. The minimum atomic E-state index is -0.791. The smallest absolute Gasteiger partial charge is 0.340 e. The zero-order valence-corrected chi connectivity index (χ0v) is 6.52. The van der Waals surface area contributed by atoms with Gasteiger partial charge < -0.3 is 9.84 Å². The molecule has 0 amide bonds. The zero-order valence-electron chi connectivity index (χ0n) is 6.52. The minimum absolute atomic E-state index is 0.103. The van der Waals surface area contributed by atoms with Gasteiger partial charge in [-0.15, -0.1) is 0 Å². The zero-order chi connectivity index (χ0) is 9.56. The number of ether oxygens (including phenoxy) is 1. The van der Waals surface area contributed by atoms with Gasteiger partial charge in [-0.25, -0.2) is 4.79 Å². The molecular formula is C6H9NO5. The number of aliphatic hydroxyl groups is 1. The van der Waals surface area contributed by atoms with Gasteiger partial charge in [0, 0.05) is 0 Å². The van der Waals surface area contributed by atoms with Crippen molar-refractivity contribution in [3.05, 3.63) is 21.9 Å². The standard InChI is InChI=1S/C6H9NO5/c1-5(4-7(10)11)6(9)12-3-2-8/h4,8H,2-3H2,1H3/b5-4+. The first-order chi connectivity index (χ1) is 5.57. The quantitative estimate of drug-likeness (QED) is 0.274. The predicted molar refractivity (Wildman–Crippen MR) is 38.8 cm³/mol. The molecule has 0 spiro atoms. The summed E-state index contributed by atoms with van der Waals surface area (Å²) < 4.78 is 4.39. The van der Waals surface area contributed by atoms with Crippen LogP contribution in [0.5, 0.6) is 0 Å². The molecule has 6 heteroatoms. The van der Waals surface area contributed by atoms with Crippen LogP contribution in [0.25, 0.3) is 0 Å². The lowest BCUT2D eigenvalue weighted by Gasteiger charge is -1.99. The highest BCUT2D eigenvalue weighted by molar-refractivity contribution is 5.87. The second kappa shape index (κ2) is 5.25. The van der Waals surface area contributed by atoms with Crippen LogP contribution in [0.15, 0.2) is 11.8 Å². The molecule has 68 valence electrons. The minimum Gasteiger partial charge on any atom is -0.460 e. The monoisotopic (exact) mass is 175 g/mol.